The first kappa shape index (κ1) is 13.4. The van der Waals surface area contributed by atoms with Gasteiger partial charge in [-0.15, -0.1) is 0 Å². The Balaban J connectivity index is 1.78. The highest BCUT2D eigenvalue weighted by Crippen LogP contribution is 2.32. The molecule has 2 atom stereocenters. The summed E-state index contributed by atoms with van der Waals surface area (Å²) in [6.45, 7) is 0.0490. The van der Waals surface area contributed by atoms with Crippen LogP contribution in [0.25, 0.3) is 22.4 Å². The van der Waals surface area contributed by atoms with Crippen LogP contribution in [-0.4, -0.2) is 37.3 Å². The van der Waals surface area contributed by atoms with E-state index in [0.29, 0.717) is 0 Å². The maximum Gasteiger partial charge on any atom is 0.165 e. The van der Waals surface area contributed by atoms with Crippen LogP contribution >= 0.6 is 0 Å². The van der Waals surface area contributed by atoms with Gasteiger partial charge in [0, 0.05) is 5.56 Å². The predicted molar refractivity (Wildman–Crippen MR) is 81.0 cm³/mol. The van der Waals surface area contributed by atoms with Gasteiger partial charge in [-0.1, -0.05) is 30.3 Å². The van der Waals surface area contributed by atoms with E-state index in [1.807, 2.05) is 34.9 Å². The fourth-order valence-electron chi connectivity index (χ4n) is 2.90. The van der Waals surface area contributed by atoms with E-state index >= 15 is 0 Å². The summed E-state index contributed by atoms with van der Waals surface area (Å²) in [5, 5.41) is 9.21. The Kier molecular flexibility index (Phi) is 3.32. The zero-order valence-electron chi connectivity index (χ0n) is 12.0. The average molecular weight is 296 g/mol. The molecule has 1 aliphatic heterocycles. The molecule has 3 aromatic rings. The molecule has 3 heterocycles. The minimum absolute atomic E-state index is 0.0490. The SMILES string of the molecule is OC[C@@H]1CC[C@H](n2cnc3c(-c4ccccc4)ncnc32)O1. The molecule has 6 nitrogen and oxygen atoms in total. The fraction of sp³-hybridized carbons (Fsp3) is 0.312. The highest BCUT2D eigenvalue weighted by Gasteiger charge is 2.27. The lowest BCUT2D eigenvalue weighted by atomic mass is 10.1. The molecule has 0 saturated carbocycles. The lowest BCUT2D eigenvalue weighted by molar-refractivity contribution is -0.0207. The van der Waals surface area contributed by atoms with E-state index in [0.717, 1.165) is 35.3 Å². The summed E-state index contributed by atoms with van der Waals surface area (Å²) in [6, 6.07) is 9.95. The number of nitrogens with zero attached hydrogens (tertiary/aromatic N) is 4. The fourth-order valence-corrected chi connectivity index (χ4v) is 2.90. The first-order chi connectivity index (χ1) is 10.9. The third-order valence-corrected chi connectivity index (χ3v) is 4.01. The third kappa shape index (κ3) is 2.17. The van der Waals surface area contributed by atoms with E-state index < -0.39 is 0 Å². The van der Waals surface area contributed by atoms with Crippen LogP contribution in [0.3, 0.4) is 0 Å². The van der Waals surface area contributed by atoms with E-state index in [9.17, 15) is 5.11 Å². The Labute approximate surface area is 127 Å². The van der Waals surface area contributed by atoms with Gasteiger partial charge in [-0.25, -0.2) is 15.0 Å². The van der Waals surface area contributed by atoms with Crippen LogP contribution in [0.1, 0.15) is 19.1 Å². The Hall–Kier alpha value is -2.31. The maximum atomic E-state index is 9.21. The number of rotatable bonds is 3. The van der Waals surface area contributed by atoms with E-state index in [2.05, 4.69) is 15.0 Å². The quantitative estimate of drug-likeness (QED) is 0.802. The van der Waals surface area contributed by atoms with E-state index in [1.165, 1.54) is 0 Å². The van der Waals surface area contributed by atoms with Gasteiger partial charge in [0.05, 0.1) is 19.0 Å². The molecule has 1 aromatic carbocycles. The molecule has 0 amide bonds. The van der Waals surface area contributed by atoms with Crippen molar-refractivity contribution in [3.05, 3.63) is 43.0 Å². The van der Waals surface area contributed by atoms with Crippen molar-refractivity contribution >= 4 is 11.2 Å². The maximum absolute atomic E-state index is 9.21. The zero-order valence-corrected chi connectivity index (χ0v) is 12.0. The second-order valence-corrected chi connectivity index (χ2v) is 5.39. The second-order valence-electron chi connectivity index (χ2n) is 5.39. The minimum Gasteiger partial charge on any atom is -0.394 e. The highest BCUT2D eigenvalue weighted by atomic mass is 16.5. The van der Waals surface area contributed by atoms with E-state index in [-0.39, 0.29) is 18.9 Å². The molecule has 1 fully saturated rings. The van der Waals surface area contributed by atoms with Gasteiger partial charge in [0.15, 0.2) is 5.65 Å². The van der Waals surface area contributed by atoms with Gasteiger partial charge < -0.3 is 9.84 Å². The molecule has 0 radical (unpaired) electrons. The number of fused-ring (bicyclic) bond motifs is 1. The van der Waals surface area contributed by atoms with Crippen LogP contribution in [0.5, 0.6) is 0 Å². The van der Waals surface area contributed by atoms with Crippen LogP contribution in [0.4, 0.5) is 0 Å². The molecule has 0 unspecified atom stereocenters. The molecule has 4 rings (SSSR count). The second kappa shape index (κ2) is 5.47. The molecule has 1 saturated heterocycles. The molecular formula is C16H16N4O2. The first-order valence-electron chi connectivity index (χ1n) is 7.36. The molecule has 1 N–H and O–H groups in total. The van der Waals surface area contributed by atoms with Gasteiger partial charge in [-0.05, 0) is 12.8 Å². The lowest BCUT2D eigenvalue weighted by Crippen LogP contribution is -2.14. The standard InChI is InChI=1S/C16H16N4O2/c21-8-12-6-7-13(22-12)20-10-19-15-14(17-9-18-16(15)20)11-4-2-1-3-5-11/h1-5,9-10,12-13,21H,6-8H2/t12-,13+/m0/s1. The van der Waals surface area contributed by atoms with Crippen molar-refractivity contribution in [3.8, 4) is 11.3 Å². The molecule has 0 spiro atoms. The van der Waals surface area contributed by atoms with Gasteiger partial charge in [0.1, 0.15) is 23.8 Å². The molecule has 0 bridgehead atoms. The number of aliphatic hydroxyl groups is 1. The summed E-state index contributed by atoms with van der Waals surface area (Å²) in [7, 11) is 0. The zero-order chi connectivity index (χ0) is 14.9. The molecule has 22 heavy (non-hydrogen) atoms. The van der Waals surface area contributed by atoms with Crippen molar-refractivity contribution in [2.45, 2.75) is 25.2 Å². The number of aliphatic hydroxyl groups excluding tert-OH is 1. The predicted octanol–water partition coefficient (Wildman–Crippen LogP) is 2.16. The Morgan fingerprint density at radius 2 is 2.00 bits per heavy atom. The average Bonchev–Trinajstić information content (AvgIpc) is 3.21. The molecule has 0 aliphatic carbocycles. The van der Waals surface area contributed by atoms with Gasteiger partial charge in [-0.3, -0.25) is 4.57 Å². The number of aromatic nitrogens is 4. The number of benzene rings is 1. The largest absolute Gasteiger partial charge is 0.394 e. The third-order valence-electron chi connectivity index (χ3n) is 4.01. The summed E-state index contributed by atoms with van der Waals surface area (Å²) in [5.41, 5.74) is 3.36. The normalized spacial score (nSPS) is 21.5. The van der Waals surface area contributed by atoms with Crippen LogP contribution < -0.4 is 0 Å². The summed E-state index contributed by atoms with van der Waals surface area (Å²) < 4.78 is 7.75. The van der Waals surface area contributed by atoms with Crippen LogP contribution in [0, 0.1) is 0 Å². The van der Waals surface area contributed by atoms with Crippen molar-refractivity contribution in [1.29, 1.82) is 0 Å². The van der Waals surface area contributed by atoms with Crippen molar-refractivity contribution in [2.24, 2.45) is 0 Å². The van der Waals surface area contributed by atoms with Crippen LogP contribution in [0.2, 0.25) is 0 Å². The lowest BCUT2D eigenvalue weighted by Gasteiger charge is -2.13. The molecule has 1 aliphatic rings. The monoisotopic (exact) mass is 296 g/mol. The van der Waals surface area contributed by atoms with Crippen molar-refractivity contribution < 1.29 is 9.84 Å². The van der Waals surface area contributed by atoms with Gasteiger partial charge in [0.25, 0.3) is 0 Å². The topological polar surface area (TPSA) is 73.1 Å². The van der Waals surface area contributed by atoms with Crippen LogP contribution in [-0.2, 0) is 4.74 Å². The molecule has 6 heteroatoms. The van der Waals surface area contributed by atoms with E-state index in [1.54, 1.807) is 12.7 Å². The smallest absolute Gasteiger partial charge is 0.165 e. The van der Waals surface area contributed by atoms with Crippen molar-refractivity contribution in [2.75, 3.05) is 6.61 Å². The number of hydrogen-bond acceptors (Lipinski definition) is 5. The van der Waals surface area contributed by atoms with Gasteiger partial charge in [0.2, 0.25) is 0 Å². The van der Waals surface area contributed by atoms with Gasteiger partial charge in [-0.2, -0.15) is 0 Å². The minimum atomic E-state index is -0.124. The summed E-state index contributed by atoms with van der Waals surface area (Å²) in [5.74, 6) is 0. The Morgan fingerprint density at radius 3 is 2.77 bits per heavy atom. The number of ether oxygens (including phenoxy) is 1. The van der Waals surface area contributed by atoms with Crippen molar-refractivity contribution in [3.63, 3.8) is 0 Å². The summed E-state index contributed by atoms with van der Waals surface area (Å²) in [4.78, 5) is 13.2. The molecule has 2 aromatic heterocycles. The molecular weight excluding hydrogens is 280 g/mol. The Morgan fingerprint density at radius 1 is 1.14 bits per heavy atom. The van der Waals surface area contributed by atoms with E-state index in [4.69, 9.17) is 4.74 Å². The van der Waals surface area contributed by atoms with Crippen LogP contribution in [0.15, 0.2) is 43.0 Å². The van der Waals surface area contributed by atoms with Crippen molar-refractivity contribution in [1.82, 2.24) is 19.5 Å². The Bertz CT molecular complexity index is 787. The molecule has 112 valence electrons. The summed E-state index contributed by atoms with van der Waals surface area (Å²) in [6.07, 6.45) is 4.77. The number of imidazole rings is 1. The highest BCUT2D eigenvalue weighted by molar-refractivity contribution is 5.86. The summed E-state index contributed by atoms with van der Waals surface area (Å²) >= 11 is 0. The number of hydrogen-bond donors (Lipinski definition) is 1. The first-order valence-corrected chi connectivity index (χ1v) is 7.36. The van der Waals surface area contributed by atoms with Gasteiger partial charge >= 0.3 is 0 Å².